The second-order valence-corrected chi connectivity index (χ2v) is 7.58. The summed E-state index contributed by atoms with van der Waals surface area (Å²) in [4.78, 5) is 0. The van der Waals surface area contributed by atoms with Gasteiger partial charge in [0.25, 0.3) is 0 Å². The standard InChI is InChI=1S/C22H30F2O2/c1-3-5-6-8-15-9-12-19(25-14-15)18-13-16-10-11-17(7-4-2)26-22(16)21(24)20(18)23/h12-13,15,17H,3-11,14H2,1-2H3. The minimum absolute atomic E-state index is 0.0127. The lowest BCUT2D eigenvalue weighted by Crippen LogP contribution is -2.24. The molecule has 0 N–H and O–H groups in total. The highest BCUT2D eigenvalue weighted by molar-refractivity contribution is 5.64. The lowest BCUT2D eigenvalue weighted by Gasteiger charge is -2.28. The highest BCUT2D eigenvalue weighted by atomic mass is 19.2. The fraction of sp³-hybridized carbons (Fsp3) is 0.636. The molecule has 26 heavy (non-hydrogen) atoms. The van der Waals surface area contributed by atoms with Crippen LogP contribution in [0, 0.1) is 17.6 Å². The van der Waals surface area contributed by atoms with E-state index >= 15 is 0 Å². The Morgan fingerprint density at radius 1 is 1.08 bits per heavy atom. The molecule has 0 aromatic heterocycles. The Kier molecular flexibility index (Phi) is 6.55. The van der Waals surface area contributed by atoms with Crippen LogP contribution in [0.25, 0.3) is 5.76 Å². The molecule has 0 aliphatic carbocycles. The minimum Gasteiger partial charge on any atom is -0.493 e. The Labute approximate surface area is 155 Å². The van der Waals surface area contributed by atoms with E-state index in [9.17, 15) is 8.78 Å². The van der Waals surface area contributed by atoms with Crippen LogP contribution in [-0.2, 0) is 11.2 Å². The number of hydrogen-bond acceptors (Lipinski definition) is 2. The number of benzene rings is 1. The van der Waals surface area contributed by atoms with Gasteiger partial charge in [0.05, 0.1) is 18.3 Å². The fourth-order valence-corrected chi connectivity index (χ4v) is 3.90. The number of halogens is 2. The molecule has 3 rings (SSSR count). The van der Waals surface area contributed by atoms with Crippen LogP contribution in [-0.4, -0.2) is 12.7 Å². The van der Waals surface area contributed by atoms with Gasteiger partial charge in [0.1, 0.15) is 5.76 Å². The zero-order valence-corrected chi connectivity index (χ0v) is 16.0. The van der Waals surface area contributed by atoms with E-state index in [0.29, 0.717) is 18.3 Å². The van der Waals surface area contributed by atoms with Gasteiger partial charge in [0, 0.05) is 0 Å². The first kappa shape index (κ1) is 19.2. The van der Waals surface area contributed by atoms with Crippen molar-refractivity contribution in [3.63, 3.8) is 0 Å². The Hall–Kier alpha value is -1.58. The molecule has 2 nitrogen and oxygen atoms in total. The molecule has 4 heteroatoms. The van der Waals surface area contributed by atoms with Crippen LogP contribution >= 0.6 is 0 Å². The normalized spacial score (nSPS) is 22.2. The Morgan fingerprint density at radius 2 is 1.92 bits per heavy atom. The van der Waals surface area contributed by atoms with Crippen molar-refractivity contribution in [2.24, 2.45) is 5.92 Å². The zero-order chi connectivity index (χ0) is 18.5. The van der Waals surface area contributed by atoms with Crippen LogP contribution < -0.4 is 4.74 Å². The van der Waals surface area contributed by atoms with Gasteiger partial charge in [-0.2, -0.15) is 4.39 Å². The second kappa shape index (κ2) is 8.88. The van der Waals surface area contributed by atoms with Crippen LogP contribution in [0.15, 0.2) is 12.1 Å². The first-order valence-corrected chi connectivity index (χ1v) is 10.1. The molecule has 0 fully saturated rings. The number of unbranched alkanes of at least 4 members (excludes halogenated alkanes) is 2. The molecule has 2 heterocycles. The average Bonchev–Trinajstić information content (AvgIpc) is 2.66. The molecular formula is C22H30F2O2. The van der Waals surface area contributed by atoms with Crippen molar-refractivity contribution in [2.45, 2.75) is 77.7 Å². The predicted octanol–water partition coefficient (Wildman–Crippen LogP) is 6.42. The van der Waals surface area contributed by atoms with Crippen LogP contribution in [0.4, 0.5) is 8.78 Å². The van der Waals surface area contributed by atoms with Crippen LogP contribution in [0.2, 0.25) is 0 Å². The average molecular weight is 364 g/mol. The highest BCUT2D eigenvalue weighted by Gasteiger charge is 2.29. The third-order valence-electron chi connectivity index (χ3n) is 5.46. The summed E-state index contributed by atoms with van der Waals surface area (Å²) < 4.78 is 40.8. The second-order valence-electron chi connectivity index (χ2n) is 7.58. The maximum atomic E-state index is 14.7. The Balaban J connectivity index is 1.75. The summed E-state index contributed by atoms with van der Waals surface area (Å²) >= 11 is 0. The Bertz CT molecular complexity index is 654. The van der Waals surface area contributed by atoms with Gasteiger partial charge in [0.15, 0.2) is 11.6 Å². The van der Waals surface area contributed by atoms with Gasteiger partial charge in [-0.25, -0.2) is 4.39 Å². The SMILES string of the molecule is CCCCCC1CC=C(c2cc3c(c(F)c2F)OC(CCC)CC3)OC1. The lowest BCUT2D eigenvalue weighted by molar-refractivity contribution is 0.152. The van der Waals surface area contributed by atoms with Crippen molar-refractivity contribution >= 4 is 5.76 Å². The summed E-state index contributed by atoms with van der Waals surface area (Å²) in [6.45, 7) is 4.85. The largest absolute Gasteiger partial charge is 0.493 e. The van der Waals surface area contributed by atoms with Crippen LogP contribution in [0.3, 0.4) is 0 Å². The van der Waals surface area contributed by atoms with Gasteiger partial charge in [-0.1, -0.05) is 39.5 Å². The van der Waals surface area contributed by atoms with E-state index in [1.165, 1.54) is 19.3 Å². The summed E-state index contributed by atoms with van der Waals surface area (Å²) in [5.41, 5.74) is 0.992. The summed E-state index contributed by atoms with van der Waals surface area (Å²) in [5.74, 6) is -0.658. The molecule has 0 saturated heterocycles. The molecule has 2 unspecified atom stereocenters. The first-order chi connectivity index (χ1) is 12.6. The molecular weight excluding hydrogens is 334 g/mol. The van der Waals surface area contributed by atoms with Crippen LogP contribution in [0.5, 0.6) is 5.75 Å². The van der Waals surface area contributed by atoms with Gasteiger partial charge in [-0.3, -0.25) is 0 Å². The maximum Gasteiger partial charge on any atom is 0.201 e. The molecule has 2 aliphatic rings. The van der Waals surface area contributed by atoms with Crippen molar-refractivity contribution in [3.8, 4) is 5.75 Å². The first-order valence-electron chi connectivity index (χ1n) is 10.1. The number of fused-ring (bicyclic) bond motifs is 1. The molecule has 1 aromatic rings. The minimum atomic E-state index is -0.868. The smallest absolute Gasteiger partial charge is 0.201 e. The molecule has 0 saturated carbocycles. The topological polar surface area (TPSA) is 18.5 Å². The number of allylic oxidation sites excluding steroid dienone is 1. The molecule has 144 valence electrons. The third kappa shape index (κ3) is 4.21. The van der Waals surface area contributed by atoms with E-state index in [1.807, 2.05) is 6.08 Å². The summed E-state index contributed by atoms with van der Waals surface area (Å²) in [6, 6.07) is 1.72. The molecule has 2 atom stereocenters. The summed E-state index contributed by atoms with van der Waals surface area (Å²) in [7, 11) is 0. The molecule has 0 amide bonds. The number of rotatable bonds is 7. The predicted molar refractivity (Wildman–Crippen MR) is 100 cm³/mol. The van der Waals surface area contributed by atoms with E-state index in [2.05, 4.69) is 13.8 Å². The molecule has 0 spiro atoms. The lowest BCUT2D eigenvalue weighted by atomic mass is 9.93. The molecule has 1 aromatic carbocycles. The summed E-state index contributed by atoms with van der Waals surface area (Å²) in [6.07, 6.45) is 11.0. The maximum absolute atomic E-state index is 14.7. The number of ether oxygens (including phenoxy) is 2. The van der Waals surface area contributed by atoms with E-state index in [1.54, 1.807) is 6.07 Å². The third-order valence-corrected chi connectivity index (χ3v) is 5.46. The van der Waals surface area contributed by atoms with Crippen LogP contribution in [0.1, 0.15) is 76.3 Å². The highest BCUT2D eigenvalue weighted by Crippen LogP contribution is 2.38. The van der Waals surface area contributed by atoms with Gasteiger partial charge < -0.3 is 9.47 Å². The van der Waals surface area contributed by atoms with Crippen molar-refractivity contribution in [3.05, 3.63) is 34.9 Å². The van der Waals surface area contributed by atoms with Gasteiger partial charge in [-0.05, 0) is 55.7 Å². The van der Waals surface area contributed by atoms with Gasteiger partial charge >= 0.3 is 0 Å². The summed E-state index contributed by atoms with van der Waals surface area (Å²) in [5, 5.41) is 0. The number of aryl methyl sites for hydroxylation is 1. The van der Waals surface area contributed by atoms with E-state index in [-0.39, 0.29) is 17.4 Å². The monoisotopic (exact) mass is 364 g/mol. The molecule has 2 aliphatic heterocycles. The van der Waals surface area contributed by atoms with E-state index < -0.39 is 11.6 Å². The zero-order valence-electron chi connectivity index (χ0n) is 16.0. The van der Waals surface area contributed by atoms with E-state index in [0.717, 1.165) is 44.1 Å². The van der Waals surface area contributed by atoms with Crippen molar-refractivity contribution in [1.29, 1.82) is 0 Å². The Morgan fingerprint density at radius 3 is 2.62 bits per heavy atom. The fourth-order valence-electron chi connectivity index (χ4n) is 3.90. The van der Waals surface area contributed by atoms with Crippen molar-refractivity contribution in [2.75, 3.05) is 6.61 Å². The van der Waals surface area contributed by atoms with Gasteiger partial charge in [0.2, 0.25) is 5.82 Å². The molecule has 0 radical (unpaired) electrons. The van der Waals surface area contributed by atoms with Crippen molar-refractivity contribution in [1.82, 2.24) is 0 Å². The quantitative estimate of drug-likeness (QED) is 0.520. The van der Waals surface area contributed by atoms with Gasteiger partial charge in [-0.15, -0.1) is 0 Å². The van der Waals surface area contributed by atoms with Crippen molar-refractivity contribution < 1.29 is 18.3 Å². The molecule has 0 bridgehead atoms. The number of hydrogen-bond donors (Lipinski definition) is 0. The van der Waals surface area contributed by atoms with E-state index in [4.69, 9.17) is 9.47 Å².